The molecule has 0 fully saturated rings. The van der Waals surface area contributed by atoms with Crippen molar-refractivity contribution in [3.05, 3.63) is 58.7 Å². The van der Waals surface area contributed by atoms with Gasteiger partial charge in [-0.1, -0.05) is 12.1 Å². The summed E-state index contributed by atoms with van der Waals surface area (Å²) in [5, 5.41) is 0. The van der Waals surface area contributed by atoms with Crippen molar-refractivity contribution in [3.63, 3.8) is 0 Å². The molecule has 2 aromatic rings. The molecule has 0 aromatic heterocycles. The van der Waals surface area contributed by atoms with E-state index < -0.39 is 0 Å². The van der Waals surface area contributed by atoms with E-state index in [9.17, 15) is 4.79 Å². The Bertz CT molecular complexity index is 666. The lowest BCUT2D eigenvalue weighted by Gasteiger charge is -2.08. The summed E-state index contributed by atoms with van der Waals surface area (Å²) in [6.07, 6.45) is 0. The molecule has 0 unspecified atom stereocenters. The summed E-state index contributed by atoms with van der Waals surface area (Å²) in [5.74, 6) is 0.471. The normalized spacial score (nSPS) is 13.1. The van der Waals surface area contributed by atoms with E-state index in [1.807, 2.05) is 18.2 Å². The predicted molar refractivity (Wildman–Crippen MR) is 75.8 cm³/mol. The number of carbonyl (C=O) groups is 1. The fourth-order valence-corrected chi connectivity index (χ4v) is 2.33. The number of carbonyl (C=O) groups excluding carboxylic acids is 1. The van der Waals surface area contributed by atoms with E-state index in [-0.39, 0.29) is 5.78 Å². The minimum absolute atomic E-state index is 0.0435. The zero-order valence-corrected chi connectivity index (χ0v) is 11.2. The zero-order chi connectivity index (χ0) is 14.1. The van der Waals surface area contributed by atoms with Gasteiger partial charge in [-0.2, -0.15) is 0 Å². The summed E-state index contributed by atoms with van der Waals surface area (Å²) in [5.41, 5.74) is 9.73. The van der Waals surface area contributed by atoms with Gasteiger partial charge in [0.25, 0.3) is 0 Å². The molecule has 3 rings (SSSR count). The van der Waals surface area contributed by atoms with E-state index in [1.54, 1.807) is 18.2 Å². The Kier molecular flexibility index (Phi) is 3.16. The van der Waals surface area contributed by atoms with Gasteiger partial charge < -0.3 is 15.2 Å². The number of benzene rings is 2. The first-order valence-corrected chi connectivity index (χ1v) is 6.37. The lowest BCUT2D eigenvalue weighted by Crippen LogP contribution is -2.03. The second-order valence-corrected chi connectivity index (χ2v) is 4.76. The van der Waals surface area contributed by atoms with Crippen molar-refractivity contribution in [1.29, 1.82) is 0 Å². The minimum Gasteiger partial charge on any atom is -0.495 e. The molecule has 1 aliphatic rings. The van der Waals surface area contributed by atoms with Crippen LogP contribution in [0.5, 0.6) is 5.75 Å². The van der Waals surface area contributed by atoms with Crippen LogP contribution in [0.25, 0.3) is 0 Å². The smallest absolute Gasteiger partial charge is 0.193 e. The lowest BCUT2D eigenvalue weighted by molar-refractivity contribution is 0.103. The van der Waals surface area contributed by atoms with Crippen LogP contribution in [0.1, 0.15) is 27.0 Å². The Labute approximate surface area is 117 Å². The van der Waals surface area contributed by atoms with E-state index >= 15 is 0 Å². The lowest BCUT2D eigenvalue weighted by atomic mass is 9.99. The number of ether oxygens (including phenoxy) is 2. The van der Waals surface area contributed by atoms with Crippen molar-refractivity contribution in [2.45, 2.75) is 13.2 Å². The van der Waals surface area contributed by atoms with Crippen LogP contribution in [-0.4, -0.2) is 12.9 Å². The summed E-state index contributed by atoms with van der Waals surface area (Å²) in [6.45, 7) is 1.20. The molecular formula is C16H15NO3. The van der Waals surface area contributed by atoms with E-state index in [4.69, 9.17) is 15.2 Å². The zero-order valence-electron chi connectivity index (χ0n) is 11.2. The average Bonchev–Trinajstić information content (AvgIpc) is 2.94. The van der Waals surface area contributed by atoms with Crippen LogP contribution in [0.15, 0.2) is 36.4 Å². The van der Waals surface area contributed by atoms with E-state index in [2.05, 4.69) is 0 Å². The molecule has 4 heteroatoms. The number of rotatable bonds is 3. The van der Waals surface area contributed by atoms with Gasteiger partial charge in [-0.25, -0.2) is 0 Å². The van der Waals surface area contributed by atoms with Crippen molar-refractivity contribution in [2.24, 2.45) is 0 Å². The Morgan fingerprint density at radius 3 is 2.60 bits per heavy atom. The van der Waals surface area contributed by atoms with Crippen LogP contribution in [0.4, 0.5) is 5.69 Å². The van der Waals surface area contributed by atoms with Gasteiger partial charge in [0.05, 0.1) is 26.0 Å². The third kappa shape index (κ3) is 2.14. The first-order chi connectivity index (χ1) is 9.69. The summed E-state index contributed by atoms with van der Waals surface area (Å²) in [6, 6.07) is 10.7. The van der Waals surface area contributed by atoms with Crippen LogP contribution < -0.4 is 10.5 Å². The third-order valence-electron chi connectivity index (χ3n) is 3.48. The topological polar surface area (TPSA) is 61.5 Å². The Hall–Kier alpha value is -2.33. The number of nitrogen functional groups attached to an aromatic ring is 1. The molecule has 2 N–H and O–H groups in total. The van der Waals surface area contributed by atoms with Crippen molar-refractivity contribution in [3.8, 4) is 5.75 Å². The van der Waals surface area contributed by atoms with Gasteiger partial charge in [-0.05, 0) is 35.4 Å². The first kappa shape index (κ1) is 12.7. The SMILES string of the molecule is COc1cc(C(=O)c2ccc3c(c2)COC3)ccc1N. The van der Waals surface area contributed by atoms with Gasteiger partial charge in [0.1, 0.15) is 5.75 Å². The number of fused-ring (bicyclic) bond motifs is 1. The molecular weight excluding hydrogens is 254 g/mol. The Balaban J connectivity index is 1.96. The molecule has 1 aliphatic heterocycles. The van der Waals surface area contributed by atoms with Gasteiger partial charge in [0, 0.05) is 11.1 Å². The van der Waals surface area contributed by atoms with Gasteiger partial charge in [-0.3, -0.25) is 4.79 Å². The molecule has 0 saturated carbocycles. The second-order valence-electron chi connectivity index (χ2n) is 4.76. The van der Waals surface area contributed by atoms with Gasteiger partial charge in [0.2, 0.25) is 0 Å². The summed E-state index contributed by atoms with van der Waals surface area (Å²) >= 11 is 0. The maximum absolute atomic E-state index is 12.5. The monoisotopic (exact) mass is 269 g/mol. The number of anilines is 1. The van der Waals surface area contributed by atoms with Gasteiger partial charge >= 0.3 is 0 Å². The summed E-state index contributed by atoms with van der Waals surface area (Å²) in [7, 11) is 1.53. The Morgan fingerprint density at radius 1 is 1.10 bits per heavy atom. The van der Waals surface area contributed by atoms with E-state index in [0.717, 1.165) is 11.1 Å². The highest BCUT2D eigenvalue weighted by molar-refractivity contribution is 6.09. The molecule has 0 saturated heterocycles. The molecule has 2 aromatic carbocycles. The standard InChI is InChI=1S/C16H15NO3/c1-19-15-7-11(4-5-14(15)17)16(18)10-2-3-12-8-20-9-13(12)6-10/h2-7H,8-9,17H2,1H3. The Morgan fingerprint density at radius 2 is 1.80 bits per heavy atom. The van der Waals surface area contributed by atoms with Crippen LogP contribution in [0.3, 0.4) is 0 Å². The molecule has 102 valence electrons. The van der Waals surface area contributed by atoms with Crippen LogP contribution in [0, 0.1) is 0 Å². The highest BCUT2D eigenvalue weighted by atomic mass is 16.5. The quantitative estimate of drug-likeness (QED) is 0.687. The molecule has 0 atom stereocenters. The number of ketones is 1. The molecule has 20 heavy (non-hydrogen) atoms. The highest BCUT2D eigenvalue weighted by Crippen LogP contribution is 2.26. The molecule has 0 spiro atoms. The number of methoxy groups -OCH3 is 1. The highest BCUT2D eigenvalue weighted by Gasteiger charge is 2.16. The van der Waals surface area contributed by atoms with Gasteiger partial charge in [0.15, 0.2) is 5.78 Å². The van der Waals surface area contributed by atoms with Crippen molar-refractivity contribution in [1.82, 2.24) is 0 Å². The number of hydrogen-bond acceptors (Lipinski definition) is 4. The van der Waals surface area contributed by atoms with Crippen molar-refractivity contribution < 1.29 is 14.3 Å². The largest absolute Gasteiger partial charge is 0.495 e. The molecule has 0 aliphatic carbocycles. The molecule has 4 nitrogen and oxygen atoms in total. The number of nitrogens with two attached hydrogens (primary N) is 1. The van der Waals surface area contributed by atoms with Crippen molar-refractivity contribution in [2.75, 3.05) is 12.8 Å². The molecule has 1 heterocycles. The van der Waals surface area contributed by atoms with Gasteiger partial charge in [-0.15, -0.1) is 0 Å². The van der Waals surface area contributed by atoms with Crippen molar-refractivity contribution >= 4 is 11.5 Å². The summed E-state index contributed by atoms with van der Waals surface area (Å²) in [4.78, 5) is 12.5. The third-order valence-corrected chi connectivity index (χ3v) is 3.48. The van der Waals surface area contributed by atoms with Crippen LogP contribution in [0.2, 0.25) is 0 Å². The molecule has 0 bridgehead atoms. The minimum atomic E-state index is -0.0435. The second kappa shape index (κ2) is 4.98. The number of hydrogen-bond donors (Lipinski definition) is 1. The average molecular weight is 269 g/mol. The fourth-order valence-electron chi connectivity index (χ4n) is 2.33. The molecule has 0 amide bonds. The van der Waals surface area contributed by atoms with E-state index in [1.165, 1.54) is 7.11 Å². The maximum Gasteiger partial charge on any atom is 0.193 e. The van der Waals surface area contributed by atoms with Crippen LogP contribution in [-0.2, 0) is 18.0 Å². The van der Waals surface area contributed by atoms with Crippen LogP contribution >= 0.6 is 0 Å². The predicted octanol–water partition coefficient (Wildman–Crippen LogP) is 2.54. The summed E-state index contributed by atoms with van der Waals surface area (Å²) < 4.78 is 10.5. The molecule has 0 radical (unpaired) electrons. The first-order valence-electron chi connectivity index (χ1n) is 6.37. The van der Waals surface area contributed by atoms with E-state index in [0.29, 0.717) is 35.8 Å². The maximum atomic E-state index is 12.5. The fraction of sp³-hybridized carbons (Fsp3) is 0.188.